The molecule has 3 aromatic rings. The number of benzene rings is 3. The van der Waals surface area contributed by atoms with Gasteiger partial charge in [-0.05, 0) is 41.5 Å². The molecule has 0 saturated carbocycles. The molecule has 3 aromatic carbocycles. The zero-order valence-corrected chi connectivity index (χ0v) is 17.1. The van der Waals surface area contributed by atoms with Crippen LogP contribution in [0.3, 0.4) is 0 Å². The molecule has 0 aliphatic heterocycles. The second-order valence-electron chi connectivity index (χ2n) is 6.34. The van der Waals surface area contributed by atoms with Gasteiger partial charge in [0.25, 0.3) is 5.91 Å². The van der Waals surface area contributed by atoms with Crippen LogP contribution in [0.1, 0.15) is 27.5 Å². The van der Waals surface area contributed by atoms with Gasteiger partial charge in [0.1, 0.15) is 0 Å². The van der Waals surface area contributed by atoms with Gasteiger partial charge in [0.05, 0.1) is 12.6 Å². The highest BCUT2D eigenvalue weighted by Crippen LogP contribution is 2.31. The predicted molar refractivity (Wildman–Crippen MR) is 117 cm³/mol. The summed E-state index contributed by atoms with van der Waals surface area (Å²) < 4.78 is 0.858. The van der Waals surface area contributed by atoms with Crippen LogP contribution in [-0.2, 0) is 4.79 Å². The molecular weight excluding hydrogens is 432 g/mol. The van der Waals surface area contributed by atoms with Crippen molar-refractivity contribution in [3.63, 3.8) is 0 Å². The monoisotopic (exact) mass is 452 g/mol. The third-order valence-electron chi connectivity index (χ3n) is 4.37. The van der Waals surface area contributed by atoms with E-state index in [9.17, 15) is 9.59 Å². The molecule has 1 atom stereocenters. The fourth-order valence-electron chi connectivity index (χ4n) is 2.97. The fourth-order valence-corrected chi connectivity index (χ4v) is 3.35. The van der Waals surface area contributed by atoms with Gasteiger partial charge in [0.2, 0.25) is 5.91 Å². The van der Waals surface area contributed by atoms with Crippen LogP contribution in [0.25, 0.3) is 0 Å². The Morgan fingerprint density at radius 3 is 2.24 bits per heavy atom. The molecule has 2 amide bonds. The molecule has 0 aliphatic carbocycles. The molecule has 0 aliphatic rings. The average Bonchev–Trinajstić information content (AvgIpc) is 2.76. The molecule has 7 heteroatoms. The Bertz CT molecular complexity index is 981. The lowest BCUT2D eigenvalue weighted by molar-refractivity contribution is -0.120. The number of nitrogens with two attached hydrogens (primary N) is 1. The van der Waals surface area contributed by atoms with E-state index in [1.165, 1.54) is 0 Å². The van der Waals surface area contributed by atoms with Crippen molar-refractivity contribution in [2.45, 2.75) is 6.04 Å². The molecule has 29 heavy (non-hydrogen) atoms. The van der Waals surface area contributed by atoms with Crippen LogP contribution in [-0.4, -0.2) is 18.4 Å². The minimum atomic E-state index is -0.337. The summed E-state index contributed by atoms with van der Waals surface area (Å²) in [4.78, 5) is 24.4. The number of hydrogen-bond acceptors (Lipinski definition) is 4. The molecule has 1 unspecified atom stereocenters. The normalized spacial score (nSPS) is 11.5. The molecule has 6 nitrogen and oxygen atoms in total. The van der Waals surface area contributed by atoms with Crippen LogP contribution in [0, 0.1) is 0 Å². The molecule has 0 spiro atoms. The lowest BCUT2D eigenvalue weighted by Gasteiger charge is -2.23. The van der Waals surface area contributed by atoms with E-state index in [4.69, 9.17) is 5.84 Å². The fraction of sp³-hybridized carbons (Fsp3) is 0.0909. The molecule has 0 bridgehead atoms. The summed E-state index contributed by atoms with van der Waals surface area (Å²) in [5.41, 5.74) is 5.10. The van der Waals surface area contributed by atoms with Crippen molar-refractivity contribution in [2.75, 3.05) is 11.9 Å². The van der Waals surface area contributed by atoms with Gasteiger partial charge in [0.15, 0.2) is 0 Å². The summed E-state index contributed by atoms with van der Waals surface area (Å²) in [6, 6.07) is 24.0. The summed E-state index contributed by atoms with van der Waals surface area (Å²) in [5.74, 6) is 4.67. The summed E-state index contributed by atoms with van der Waals surface area (Å²) >= 11 is 3.50. The molecule has 0 aromatic heterocycles. The van der Waals surface area contributed by atoms with Crippen molar-refractivity contribution in [1.29, 1.82) is 0 Å². The van der Waals surface area contributed by atoms with E-state index in [2.05, 4.69) is 32.0 Å². The molecular formula is C22H21BrN4O2. The SMILES string of the molecule is NNC(=O)CNC(c1ccccc1)c1cc(Br)ccc1NC(=O)c1ccccc1. The summed E-state index contributed by atoms with van der Waals surface area (Å²) in [5, 5.41) is 6.20. The minimum Gasteiger partial charge on any atom is -0.322 e. The number of rotatable bonds is 7. The van der Waals surface area contributed by atoms with Crippen LogP contribution in [0.5, 0.6) is 0 Å². The Kier molecular flexibility index (Phi) is 7.13. The first-order valence-corrected chi connectivity index (χ1v) is 9.81. The second-order valence-corrected chi connectivity index (χ2v) is 7.26. The highest BCUT2D eigenvalue weighted by molar-refractivity contribution is 9.10. The number of hydrogen-bond donors (Lipinski definition) is 4. The highest BCUT2D eigenvalue weighted by atomic mass is 79.9. The van der Waals surface area contributed by atoms with Gasteiger partial charge in [-0.2, -0.15) is 0 Å². The number of carbonyl (C=O) groups excluding carboxylic acids is 2. The molecule has 0 radical (unpaired) electrons. The summed E-state index contributed by atoms with van der Waals surface area (Å²) in [6.07, 6.45) is 0. The quantitative estimate of drug-likeness (QED) is 0.251. The maximum atomic E-state index is 12.7. The highest BCUT2D eigenvalue weighted by Gasteiger charge is 2.20. The van der Waals surface area contributed by atoms with Gasteiger partial charge in [-0.3, -0.25) is 20.3 Å². The number of anilines is 1. The van der Waals surface area contributed by atoms with Gasteiger partial charge in [-0.1, -0.05) is 64.5 Å². The van der Waals surface area contributed by atoms with Crippen molar-refractivity contribution in [3.8, 4) is 0 Å². The van der Waals surface area contributed by atoms with E-state index in [-0.39, 0.29) is 24.4 Å². The van der Waals surface area contributed by atoms with Crippen LogP contribution in [0.2, 0.25) is 0 Å². The van der Waals surface area contributed by atoms with E-state index in [0.29, 0.717) is 11.3 Å². The Hall–Kier alpha value is -3.00. The van der Waals surface area contributed by atoms with Gasteiger partial charge in [-0.25, -0.2) is 5.84 Å². The van der Waals surface area contributed by atoms with Crippen molar-refractivity contribution in [3.05, 3.63) is 100 Å². The Morgan fingerprint density at radius 1 is 0.931 bits per heavy atom. The van der Waals surface area contributed by atoms with Crippen molar-refractivity contribution >= 4 is 33.4 Å². The molecule has 0 fully saturated rings. The summed E-state index contributed by atoms with van der Waals surface area (Å²) in [6.45, 7) is 0.0225. The molecule has 0 saturated heterocycles. The molecule has 5 N–H and O–H groups in total. The minimum absolute atomic E-state index is 0.0225. The first-order chi connectivity index (χ1) is 14.1. The van der Waals surface area contributed by atoms with E-state index in [1.54, 1.807) is 12.1 Å². The van der Waals surface area contributed by atoms with Crippen molar-refractivity contribution in [1.82, 2.24) is 10.7 Å². The molecule has 148 valence electrons. The molecule has 3 rings (SSSR count). The van der Waals surface area contributed by atoms with Gasteiger partial charge < -0.3 is 5.32 Å². The Balaban J connectivity index is 1.97. The van der Waals surface area contributed by atoms with E-state index in [0.717, 1.165) is 15.6 Å². The third kappa shape index (κ3) is 5.51. The Labute approximate surface area is 177 Å². The standard InChI is InChI=1S/C22H21BrN4O2/c23-17-11-12-19(26-22(29)16-9-5-2-6-10-16)18(13-17)21(25-14-20(28)27-24)15-7-3-1-4-8-15/h1-13,21,25H,14,24H2,(H,26,29)(H,27,28). The number of amides is 2. The van der Waals surface area contributed by atoms with Crippen LogP contribution in [0.4, 0.5) is 5.69 Å². The van der Waals surface area contributed by atoms with Gasteiger partial charge in [0, 0.05) is 15.7 Å². The second kappa shape index (κ2) is 9.97. The van der Waals surface area contributed by atoms with E-state index in [1.807, 2.05) is 66.7 Å². The first kappa shape index (κ1) is 20.7. The van der Waals surface area contributed by atoms with Crippen LogP contribution < -0.4 is 21.9 Å². The largest absolute Gasteiger partial charge is 0.322 e. The third-order valence-corrected chi connectivity index (χ3v) is 4.86. The predicted octanol–water partition coefficient (Wildman–Crippen LogP) is 3.37. The topological polar surface area (TPSA) is 96.2 Å². The maximum Gasteiger partial charge on any atom is 0.255 e. The van der Waals surface area contributed by atoms with Gasteiger partial charge in [-0.15, -0.1) is 0 Å². The number of carbonyl (C=O) groups is 2. The van der Waals surface area contributed by atoms with E-state index >= 15 is 0 Å². The lowest BCUT2D eigenvalue weighted by Crippen LogP contribution is -2.39. The zero-order chi connectivity index (χ0) is 20.6. The summed E-state index contributed by atoms with van der Waals surface area (Å²) in [7, 11) is 0. The number of halogens is 1. The van der Waals surface area contributed by atoms with Crippen LogP contribution >= 0.6 is 15.9 Å². The number of nitrogens with one attached hydrogen (secondary N) is 3. The van der Waals surface area contributed by atoms with E-state index < -0.39 is 0 Å². The number of hydrazine groups is 1. The van der Waals surface area contributed by atoms with Crippen molar-refractivity contribution in [2.24, 2.45) is 5.84 Å². The smallest absolute Gasteiger partial charge is 0.255 e. The zero-order valence-electron chi connectivity index (χ0n) is 15.6. The molecule has 0 heterocycles. The first-order valence-electron chi connectivity index (χ1n) is 9.02. The lowest BCUT2D eigenvalue weighted by atomic mass is 9.96. The average molecular weight is 453 g/mol. The van der Waals surface area contributed by atoms with Gasteiger partial charge >= 0.3 is 0 Å². The van der Waals surface area contributed by atoms with Crippen LogP contribution in [0.15, 0.2) is 83.3 Å². The maximum absolute atomic E-state index is 12.7. The van der Waals surface area contributed by atoms with Crippen molar-refractivity contribution < 1.29 is 9.59 Å². The Morgan fingerprint density at radius 2 is 1.59 bits per heavy atom.